The molecule has 1 aromatic carbocycles. The maximum atomic E-state index is 5.60. The highest BCUT2D eigenvalue weighted by atomic mass is 16.5. The summed E-state index contributed by atoms with van der Waals surface area (Å²) in [6.07, 6.45) is 6.02. The second-order valence-corrected chi connectivity index (χ2v) is 3.82. The molecule has 1 unspecified atom stereocenters. The van der Waals surface area contributed by atoms with Crippen molar-refractivity contribution >= 4 is 0 Å². The molecule has 98 valence electrons. The minimum atomic E-state index is 0.143. The zero-order valence-corrected chi connectivity index (χ0v) is 11.3. The zero-order valence-electron chi connectivity index (χ0n) is 11.3. The van der Waals surface area contributed by atoms with Crippen LogP contribution in [0.25, 0.3) is 0 Å². The molecule has 0 aromatic heterocycles. The fourth-order valence-corrected chi connectivity index (χ4v) is 1.79. The smallest absolute Gasteiger partial charge is 0.161 e. The lowest BCUT2D eigenvalue weighted by atomic mass is 10.0. The first-order valence-corrected chi connectivity index (χ1v) is 6.27. The second kappa shape index (κ2) is 7.62. The predicted molar refractivity (Wildman–Crippen MR) is 74.0 cm³/mol. The fraction of sp³-hybridized carbons (Fsp3) is 0.467. The summed E-state index contributed by atoms with van der Waals surface area (Å²) in [5, 5.41) is 3.20. The average molecular weight is 247 g/mol. The molecule has 1 aromatic rings. The Bertz CT molecular complexity index is 409. The van der Waals surface area contributed by atoms with Gasteiger partial charge >= 0.3 is 0 Å². The molecule has 0 spiro atoms. The molecule has 0 aliphatic heterocycles. The van der Waals surface area contributed by atoms with Crippen LogP contribution in [0.4, 0.5) is 0 Å². The number of hydrogen-bond donors (Lipinski definition) is 1. The lowest BCUT2D eigenvalue weighted by Gasteiger charge is -2.17. The maximum Gasteiger partial charge on any atom is 0.161 e. The van der Waals surface area contributed by atoms with E-state index in [0.29, 0.717) is 19.6 Å². The Morgan fingerprint density at radius 2 is 1.89 bits per heavy atom. The van der Waals surface area contributed by atoms with E-state index < -0.39 is 0 Å². The Balaban J connectivity index is 3.01. The van der Waals surface area contributed by atoms with Crippen LogP contribution in [-0.4, -0.2) is 20.3 Å². The second-order valence-electron chi connectivity index (χ2n) is 3.82. The van der Waals surface area contributed by atoms with Crippen LogP contribution in [0.2, 0.25) is 0 Å². The fourth-order valence-electron chi connectivity index (χ4n) is 1.79. The number of benzene rings is 1. The first-order chi connectivity index (χ1) is 8.76. The van der Waals surface area contributed by atoms with Crippen LogP contribution in [0.1, 0.15) is 31.9 Å². The van der Waals surface area contributed by atoms with Gasteiger partial charge in [0, 0.05) is 12.5 Å². The molecule has 0 aliphatic rings. The van der Waals surface area contributed by atoms with Crippen molar-refractivity contribution in [2.45, 2.75) is 26.3 Å². The standard InChI is InChI=1S/C15H21NO2/c1-5-8-13(16-4)12-9-10-14(17-6-2)15(11-12)18-7-3/h1,9-11,13,16H,6-8H2,2-4H3. The average Bonchev–Trinajstić information content (AvgIpc) is 2.38. The van der Waals surface area contributed by atoms with Crippen molar-refractivity contribution in [1.82, 2.24) is 5.32 Å². The highest BCUT2D eigenvalue weighted by Crippen LogP contribution is 2.31. The van der Waals surface area contributed by atoms with Gasteiger partial charge in [-0.05, 0) is 38.6 Å². The van der Waals surface area contributed by atoms with Crippen molar-refractivity contribution in [1.29, 1.82) is 0 Å². The van der Waals surface area contributed by atoms with Gasteiger partial charge in [-0.25, -0.2) is 0 Å². The SMILES string of the molecule is C#CCC(NC)c1ccc(OCC)c(OCC)c1. The van der Waals surface area contributed by atoms with E-state index in [-0.39, 0.29) is 6.04 Å². The van der Waals surface area contributed by atoms with Crippen molar-refractivity contribution in [3.63, 3.8) is 0 Å². The third-order valence-electron chi connectivity index (χ3n) is 2.64. The van der Waals surface area contributed by atoms with Gasteiger partial charge in [-0.15, -0.1) is 12.3 Å². The van der Waals surface area contributed by atoms with Gasteiger partial charge in [-0.2, -0.15) is 0 Å². The Morgan fingerprint density at radius 1 is 1.22 bits per heavy atom. The van der Waals surface area contributed by atoms with Crippen LogP contribution in [0, 0.1) is 12.3 Å². The van der Waals surface area contributed by atoms with Crippen molar-refractivity contribution in [3.8, 4) is 23.8 Å². The Morgan fingerprint density at radius 3 is 2.44 bits per heavy atom. The number of rotatable bonds is 7. The minimum Gasteiger partial charge on any atom is -0.490 e. The summed E-state index contributed by atoms with van der Waals surface area (Å²) in [5.74, 6) is 4.22. The molecule has 0 radical (unpaired) electrons. The monoisotopic (exact) mass is 247 g/mol. The summed E-state index contributed by atoms with van der Waals surface area (Å²) in [7, 11) is 1.90. The Labute approximate surface area is 109 Å². The van der Waals surface area contributed by atoms with Crippen LogP contribution in [0.15, 0.2) is 18.2 Å². The Hall–Kier alpha value is -1.66. The minimum absolute atomic E-state index is 0.143. The summed E-state index contributed by atoms with van der Waals surface area (Å²) in [6, 6.07) is 6.09. The molecule has 0 aliphatic carbocycles. The van der Waals surface area contributed by atoms with E-state index in [0.717, 1.165) is 17.1 Å². The molecule has 0 amide bonds. The van der Waals surface area contributed by atoms with Gasteiger partial charge in [0.15, 0.2) is 11.5 Å². The van der Waals surface area contributed by atoms with Gasteiger partial charge in [0.05, 0.1) is 13.2 Å². The molecular weight excluding hydrogens is 226 g/mol. The van der Waals surface area contributed by atoms with E-state index >= 15 is 0 Å². The van der Waals surface area contributed by atoms with Gasteiger partial charge in [-0.1, -0.05) is 6.07 Å². The summed E-state index contributed by atoms with van der Waals surface area (Å²) in [4.78, 5) is 0. The molecule has 0 saturated heterocycles. The van der Waals surface area contributed by atoms with Gasteiger partial charge in [0.25, 0.3) is 0 Å². The molecule has 3 heteroatoms. The molecule has 1 rings (SSSR count). The first-order valence-electron chi connectivity index (χ1n) is 6.27. The van der Waals surface area contributed by atoms with E-state index in [9.17, 15) is 0 Å². The van der Waals surface area contributed by atoms with Gasteiger partial charge in [0.1, 0.15) is 0 Å². The lowest BCUT2D eigenvalue weighted by molar-refractivity contribution is 0.287. The Kier molecular flexibility index (Phi) is 6.10. The maximum absolute atomic E-state index is 5.60. The normalized spacial score (nSPS) is 11.7. The summed E-state index contributed by atoms with van der Waals surface area (Å²) in [6.45, 7) is 5.15. The van der Waals surface area contributed by atoms with E-state index in [1.165, 1.54) is 0 Å². The van der Waals surface area contributed by atoms with E-state index in [4.69, 9.17) is 15.9 Å². The van der Waals surface area contributed by atoms with Gasteiger partial charge in [0.2, 0.25) is 0 Å². The molecule has 0 heterocycles. The molecule has 0 saturated carbocycles. The number of terminal acetylenes is 1. The third-order valence-corrected chi connectivity index (χ3v) is 2.64. The van der Waals surface area contributed by atoms with Crippen LogP contribution < -0.4 is 14.8 Å². The van der Waals surface area contributed by atoms with Crippen molar-refractivity contribution < 1.29 is 9.47 Å². The predicted octanol–water partition coefficient (Wildman–Crippen LogP) is 2.77. The quantitative estimate of drug-likeness (QED) is 0.752. The van der Waals surface area contributed by atoms with E-state index in [1.54, 1.807) is 0 Å². The highest BCUT2D eigenvalue weighted by Gasteiger charge is 2.12. The summed E-state index contributed by atoms with van der Waals surface area (Å²) in [5.41, 5.74) is 1.11. The topological polar surface area (TPSA) is 30.5 Å². The zero-order chi connectivity index (χ0) is 13.4. The van der Waals surface area contributed by atoms with Gasteiger partial charge < -0.3 is 14.8 Å². The molecule has 18 heavy (non-hydrogen) atoms. The molecule has 1 atom stereocenters. The molecule has 0 fully saturated rings. The summed E-state index contributed by atoms with van der Waals surface area (Å²) < 4.78 is 11.1. The molecule has 1 N–H and O–H groups in total. The molecular formula is C15H21NO2. The van der Waals surface area contributed by atoms with Gasteiger partial charge in [-0.3, -0.25) is 0 Å². The third kappa shape index (κ3) is 3.68. The van der Waals surface area contributed by atoms with Crippen LogP contribution in [-0.2, 0) is 0 Å². The van der Waals surface area contributed by atoms with Crippen LogP contribution in [0.5, 0.6) is 11.5 Å². The molecule has 0 bridgehead atoms. The molecule has 3 nitrogen and oxygen atoms in total. The van der Waals surface area contributed by atoms with Crippen molar-refractivity contribution in [2.24, 2.45) is 0 Å². The van der Waals surface area contributed by atoms with Crippen LogP contribution in [0.3, 0.4) is 0 Å². The number of ether oxygens (including phenoxy) is 2. The lowest BCUT2D eigenvalue weighted by Crippen LogP contribution is -2.15. The van der Waals surface area contributed by atoms with E-state index in [1.807, 2.05) is 39.1 Å². The van der Waals surface area contributed by atoms with Crippen molar-refractivity contribution in [2.75, 3.05) is 20.3 Å². The number of hydrogen-bond acceptors (Lipinski definition) is 3. The largest absolute Gasteiger partial charge is 0.490 e. The number of nitrogens with one attached hydrogen (secondary N) is 1. The first kappa shape index (κ1) is 14.4. The summed E-state index contributed by atoms with van der Waals surface area (Å²) >= 11 is 0. The van der Waals surface area contributed by atoms with Crippen LogP contribution >= 0.6 is 0 Å². The van der Waals surface area contributed by atoms with Crippen molar-refractivity contribution in [3.05, 3.63) is 23.8 Å². The highest BCUT2D eigenvalue weighted by molar-refractivity contribution is 5.44. The van der Waals surface area contributed by atoms with E-state index in [2.05, 4.69) is 11.2 Å².